The van der Waals surface area contributed by atoms with E-state index >= 15 is 0 Å². The zero-order valence-corrected chi connectivity index (χ0v) is 12.8. The number of nitrogens with one attached hydrogen (secondary N) is 1. The van der Waals surface area contributed by atoms with Crippen molar-refractivity contribution in [2.45, 2.75) is 58.5 Å². The Bertz CT molecular complexity index is 527. The molecule has 0 saturated heterocycles. The van der Waals surface area contributed by atoms with Crippen LogP contribution in [0.15, 0.2) is 6.07 Å². The second-order valence-electron chi connectivity index (χ2n) is 5.08. The summed E-state index contributed by atoms with van der Waals surface area (Å²) in [5, 5.41) is 15.1. The first-order valence-electron chi connectivity index (χ1n) is 7.18. The average Bonchev–Trinajstić information content (AvgIpc) is 2.81. The molecular weight excluding hydrogens is 296 g/mol. The van der Waals surface area contributed by atoms with Crippen molar-refractivity contribution in [2.24, 2.45) is 0 Å². The molecule has 0 saturated carbocycles. The lowest BCUT2D eigenvalue weighted by Gasteiger charge is -2.15. The Balaban J connectivity index is 2.89. The van der Waals surface area contributed by atoms with Gasteiger partial charge in [0.25, 0.3) is 5.91 Å². The molecule has 0 fully saturated rings. The van der Waals surface area contributed by atoms with E-state index in [0.717, 1.165) is 18.5 Å². The molecule has 0 aliphatic carbocycles. The Kier molecular flexibility index (Phi) is 6.45. The number of hydrogen-bond acceptors (Lipinski definition) is 3. The summed E-state index contributed by atoms with van der Waals surface area (Å²) in [5.74, 6) is -2.26. The quantitative estimate of drug-likeness (QED) is 0.771. The van der Waals surface area contributed by atoms with Crippen LogP contribution >= 0.6 is 0 Å². The fourth-order valence-electron chi connectivity index (χ4n) is 2.23. The van der Waals surface area contributed by atoms with Gasteiger partial charge in [-0.3, -0.25) is 9.48 Å². The second kappa shape index (κ2) is 7.86. The molecular formula is C14H21F2N3O3. The van der Waals surface area contributed by atoms with Gasteiger partial charge in [0.05, 0.1) is 6.04 Å². The summed E-state index contributed by atoms with van der Waals surface area (Å²) in [6, 6.07) is 0.0264. The second-order valence-corrected chi connectivity index (χ2v) is 5.08. The van der Waals surface area contributed by atoms with Gasteiger partial charge in [-0.05, 0) is 25.8 Å². The number of carboxylic acids is 1. The maximum Gasteiger partial charge on any atom is 0.326 e. The Labute approximate surface area is 127 Å². The predicted molar refractivity (Wildman–Crippen MR) is 76.1 cm³/mol. The smallest absolute Gasteiger partial charge is 0.326 e. The van der Waals surface area contributed by atoms with Crippen LogP contribution in [0.5, 0.6) is 0 Å². The van der Waals surface area contributed by atoms with E-state index in [9.17, 15) is 18.4 Å². The Morgan fingerprint density at radius 1 is 1.36 bits per heavy atom. The summed E-state index contributed by atoms with van der Waals surface area (Å²) in [4.78, 5) is 22.9. The van der Waals surface area contributed by atoms with Crippen molar-refractivity contribution in [1.82, 2.24) is 15.1 Å². The minimum absolute atomic E-state index is 0.0323. The molecule has 1 heterocycles. The van der Waals surface area contributed by atoms with E-state index in [1.807, 2.05) is 13.8 Å². The SMILES string of the molecule is CCC(CC)n1nc(C(=O)NC(CC(F)F)C(=O)O)cc1C. The lowest BCUT2D eigenvalue weighted by molar-refractivity contribution is -0.140. The number of nitrogens with zero attached hydrogens (tertiary/aromatic N) is 2. The predicted octanol–water partition coefficient (Wildman–Crippen LogP) is 2.39. The van der Waals surface area contributed by atoms with Gasteiger partial charge in [-0.15, -0.1) is 0 Å². The fraction of sp³-hybridized carbons (Fsp3) is 0.643. The molecule has 0 spiro atoms. The van der Waals surface area contributed by atoms with Gasteiger partial charge in [-0.2, -0.15) is 5.10 Å². The molecule has 1 aromatic heterocycles. The maximum absolute atomic E-state index is 12.3. The lowest BCUT2D eigenvalue weighted by Crippen LogP contribution is -2.42. The molecule has 0 radical (unpaired) electrons. The monoisotopic (exact) mass is 317 g/mol. The number of carbonyl (C=O) groups is 2. The Morgan fingerprint density at radius 3 is 2.41 bits per heavy atom. The van der Waals surface area contributed by atoms with E-state index in [1.54, 1.807) is 11.6 Å². The molecule has 8 heteroatoms. The van der Waals surface area contributed by atoms with Crippen LogP contribution in [-0.4, -0.2) is 39.2 Å². The molecule has 0 aliphatic rings. The number of carboxylic acid groups (broad SMARTS) is 1. The van der Waals surface area contributed by atoms with Gasteiger partial charge in [0.1, 0.15) is 11.7 Å². The van der Waals surface area contributed by atoms with Crippen molar-refractivity contribution in [3.05, 3.63) is 17.5 Å². The van der Waals surface area contributed by atoms with Crippen molar-refractivity contribution in [1.29, 1.82) is 0 Å². The van der Waals surface area contributed by atoms with E-state index in [0.29, 0.717) is 0 Å². The van der Waals surface area contributed by atoms with Crippen LogP contribution in [0.3, 0.4) is 0 Å². The molecule has 124 valence electrons. The van der Waals surface area contributed by atoms with Gasteiger partial charge < -0.3 is 10.4 Å². The topological polar surface area (TPSA) is 84.2 Å². The van der Waals surface area contributed by atoms with E-state index in [1.165, 1.54) is 6.07 Å². The number of aliphatic carboxylic acids is 1. The minimum Gasteiger partial charge on any atom is -0.480 e. The first kappa shape index (κ1) is 18.1. The number of carbonyl (C=O) groups excluding carboxylic acids is 1. The lowest BCUT2D eigenvalue weighted by atomic mass is 10.2. The van der Waals surface area contributed by atoms with Crippen LogP contribution in [-0.2, 0) is 4.79 Å². The van der Waals surface area contributed by atoms with Crippen molar-refractivity contribution in [2.75, 3.05) is 0 Å². The van der Waals surface area contributed by atoms with Gasteiger partial charge in [-0.1, -0.05) is 13.8 Å². The Morgan fingerprint density at radius 2 is 1.95 bits per heavy atom. The fourth-order valence-corrected chi connectivity index (χ4v) is 2.23. The summed E-state index contributed by atoms with van der Waals surface area (Å²) in [7, 11) is 0. The largest absolute Gasteiger partial charge is 0.480 e. The van der Waals surface area contributed by atoms with E-state index < -0.39 is 30.8 Å². The molecule has 1 aromatic rings. The number of aromatic nitrogens is 2. The first-order chi connectivity index (χ1) is 10.3. The summed E-state index contributed by atoms with van der Waals surface area (Å²) in [6.45, 7) is 5.78. The normalized spacial score (nSPS) is 12.7. The van der Waals surface area contributed by atoms with Gasteiger partial charge in [0.2, 0.25) is 6.43 Å². The summed E-state index contributed by atoms with van der Waals surface area (Å²) >= 11 is 0. The van der Waals surface area contributed by atoms with Crippen LogP contribution in [0.1, 0.15) is 55.3 Å². The number of amides is 1. The number of halogens is 2. The summed E-state index contributed by atoms with van der Waals surface area (Å²) < 4.78 is 26.4. The van der Waals surface area contributed by atoms with Gasteiger partial charge >= 0.3 is 5.97 Å². The molecule has 2 N–H and O–H groups in total. The molecule has 1 amide bonds. The van der Waals surface area contributed by atoms with E-state index in [2.05, 4.69) is 10.4 Å². The number of aryl methyl sites for hydroxylation is 1. The number of alkyl halides is 2. The van der Waals surface area contributed by atoms with Gasteiger partial charge in [0.15, 0.2) is 0 Å². The molecule has 0 aromatic carbocycles. The average molecular weight is 317 g/mol. The third kappa shape index (κ3) is 4.51. The highest BCUT2D eigenvalue weighted by Crippen LogP contribution is 2.18. The third-order valence-electron chi connectivity index (χ3n) is 3.46. The minimum atomic E-state index is -2.81. The van der Waals surface area contributed by atoms with Gasteiger partial charge in [-0.25, -0.2) is 13.6 Å². The van der Waals surface area contributed by atoms with Crippen molar-refractivity contribution in [3.8, 4) is 0 Å². The van der Waals surface area contributed by atoms with E-state index in [-0.39, 0.29) is 11.7 Å². The van der Waals surface area contributed by atoms with Crippen molar-refractivity contribution < 1.29 is 23.5 Å². The van der Waals surface area contributed by atoms with Crippen molar-refractivity contribution >= 4 is 11.9 Å². The molecule has 0 bridgehead atoms. The zero-order chi connectivity index (χ0) is 16.9. The van der Waals surface area contributed by atoms with Crippen molar-refractivity contribution in [3.63, 3.8) is 0 Å². The van der Waals surface area contributed by atoms with Crippen LogP contribution in [0.2, 0.25) is 0 Å². The van der Waals surface area contributed by atoms with Crippen LogP contribution in [0.25, 0.3) is 0 Å². The highest BCUT2D eigenvalue weighted by molar-refractivity contribution is 5.95. The summed E-state index contributed by atoms with van der Waals surface area (Å²) in [6.07, 6.45) is -2.08. The highest BCUT2D eigenvalue weighted by Gasteiger charge is 2.26. The van der Waals surface area contributed by atoms with Crippen LogP contribution in [0, 0.1) is 6.92 Å². The third-order valence-corrected chi connectivity index (χ3v) is 3.46. The molecule has 1 unspecified atom stereocenters. The molecule has 1 rings (SSSR count). The Hall–Kier alpha value is -1.99. The number of hydrogen-bond donors (Lipinski definition) is 2. The molecule has 22 heavy (non-hydrogen) atoms. The first-order valence-corrected chi connectivity index (χ1v) is 7.18. The number of rotatable bonds is 8. The van der Waals surface area contributed by atoms with Gasteiger partial charge in [0, 0.05) is 12.1 Å². The molecule has 1 atom stereocenters. The molecule has 6 nitrogen and oxygen atoms in total. The van der Waals surface area contributed by atoms with Crippen LogP contribution < -0.4 is 5.32 Å². The van der Waals surface area contributed by atoms with Crippen LogP contribution in [0.4, 0.5) is 8.78 Å². The maximum atomic E-state index is 12.3. The summed E-state index contributed by atoms with van der Waals surface area (Å²) in [5.41, 5.74) is 0.796. The highest BCUT2D eigenvalue weighted by atomic mass is 19.3. The zero-order valence-electron chi connectivity index (χ0n) is 12.8. The standard InChI is InChI=1S/C14H21F2N3O3/c1-4-9(5-2)19-8(3)6-10(18-19)13(20)17-11(14(21)22)7-12(15)16/h6,9,11-12H,4-5,7H2,1-3H3,(H,17,20)(H,21,22). The molecule has 0 aliphatic heterocycles. The van der Waals surface area contributed by atoms with E-state index in [4.69, 9.17) is 5.11 Å².